The Bertz CT molecular complexity index is 142. The molecule has 0 bridgehead atoms. The Balaban J connectivity index is 2.44. The van der Waals surface area contributed by atoms with Gasteiger partial charge in [0, 0.05) is 6.54 Å². The van der Waals surface area contributed by atoms with Gasteiger partial charge >= 0.3 is 0 Å². The summed E-state index contributed by atoms with van der Waals surface area (Å²) in [4.78, 5) is 0. The second kappa shape index (κ2) is 3.52. The first-order chi connectivity index (χ1) is 4.88. The largest absolute Gasteiger partial charge is 0.377 e. The highest BCUT2D eigenvalue weighted by Gasteiger charge is 2.20. The standard InChI is InChI=1S/C6H11N3O/c1-8-9-2-3-10-5-6(9)4-7/h6,8H,2-3,5H2,1H3. The zero-order valence-corrected chi connectivity index (χ0v) is 6.00. The van der Waals surface area contributed by atoms with E-state index in [1.807, 2.05) is 12.1 Å². The number of ether oxygens (including phenoxy) is 1. The number of nitrogens with zero attached hydrogens (tertiary/aromatic N) is 2. The van der Waals surface area contributed by atoms with Crippen molar-refractivity contribution in [2.45, 2.75) is 6.04 Å². The van der Waals surface area contributed by atoms with Crippen LogP contribution in [0.3, 0.4) is 0 Å². The van der Waals surface area contributed by atoms with Gasteiger partial charge in [-0.1, -0.05) is 0 Å². The zero-order chi connectivity index (χ0) is 7.40. The minimum atomic E-state index is -0.126. The summed E-state index contributed by atoms with van der Waals surface area (Å²) in [6.45, 7) is 2.01. The predicted molar refractivity (Wildman–Crippen MR) is 36.0 cm³/mol. The fourth-order valence-corrected chi connectivity index (χ4v) is 0.978. The maximum Gasteiger partial charge on any atom is 0.134 e. The van der Waals surface area contributed by atoms with Crippen molar-refractivity contribution in [3.63, 3.8) is 0 Å². The Kier molecular flexibility index (Phi) is 2.63. The molecule has 56 valence electrons. The van der Waals surface area contributed by atoms with E-state index in [1.54, 1.807) is 0 Å². The third-order valence-corrected chi connectivity index (χ3v) is 1.56. The minimum Gasteiger partial charge on any atom is -0.377 e. The molecule has 1 aliphatic rings. The highest BCUT2D eigenvalue weighted by molar-refractivity contribution is 4.91. The third-order valence-electron chi connectivity index (χ3n) is 1.56. The number of rotatable bonds is 1. The molecule has 1 saturated heterocycles. The van der Waals surface area contributed by atoms with E-state index in [4.69, 9.17) is 10.00 Å². The lowest BCUT2D eigenvalue weighted by atomic mass is 10.3. The molecular weight excluding hydrogens is 130 g/mol. The van der Waals surface area contributed by atoms with Crippen LogP contribution in [0, 0.1) is 11.3 Å². The average Bonchev–Trinajstić information content (AvgIpc) is 2.04. The van der Waals surface area contributed by atoms with Crippen molar-refractivity contribution in [2.75, 3.05) is 26.8 Å². The van der Waals surface area contributed by atoms with E-state index in [0.717, 1.165) is 6.54 Å². The monoisotopic (exact) mass is 141 g/mol. The lowest BCUT2D eigenvalue weighted by Crippen LogP contribution is -2.50. The molecule has 4 nitrogen and oxygen atoms in total. The highest BCUT2D eigenvalue weighted by Crippen LogP contribution is 2.00. The Labute approximate surface area is 60.3 Å². The van der Waals surface area contributed by atoms with Gasteiger partial charge in [-0.05, 0) is 7.05 Å². The number of nitrogens with one attached hydrogen (secondary N) is 1. The molecule has 0 saturated carbocycles. The molecule has 0 aromatic rings. The van der Waals surface area contributed by atoms with E-state index < -0.39 is 0 Å². The summed E-state index contributed by atoms with van der Waals surface area (Å²) in [5.74, 6) is 0. The number of morpholine rings is 1. The van der Waals surface area contributed by atoms with Gasteiger partial charge in [0.1, 0.15) is 6.04 Å². The van der Waals surface area contributed by atoms with Gasteiger partial charge in [0.25, 0.3) is 0 Å². The summed E-state index contributed by atoms with van der Waals surface area (Å²) >= 11 is 0. The number of hydrazine groups is 1. The quantitative estimate of drug-likeness (QED) is 0.527. The fourth-order valence-electron chi connectivity index (χ4n) is 0.978. The summed E-state index contributed by atoms with van der Waals surface area (Å²) in [6.07, 6.45) is 0. The van der Waals surface area contributed by atoms with Crippen LogP contribution in [0.15, 0.2) is 0 Å². The van der Waals surface area contributed by atoms with Gasteiger partial charge in [0.05, 0.1) is 19.3 Å². The summed E-state index contributed by atoms with van der Waals surface area (Å²) < 4.78 is 5.10. The smallest absolute Gasteiger partial charge is 0.134 e. The van der Waals surface area contributed by atoms with E-state index >= 15 is 0 Å². The van der Waals surface area contributed by atoms with Gasteiger partial charge in [-0.2, -0.15) is 5.26 Å². The van der Waals surface area contributed by atoms with Crippen LogP contribution in [0.2, 0.25) is 0 Å². The van der Waals surface area contributed by atoms with E-state index in [9.17, 15) is 0 Å². The first kappa shape index (κ1) is 7.48. The van der Waals surface area contributed by atoms with Gasteiger partial charge in [-0.25, -0.2) is 5.01 Å². The van der Waals surface area contributed by atoms with Crippen molar-refractivity contribution in [1.82, 2.24) is 10.4 Å². The van der Waals surface area contributed by atoms with E-state index in [0.29, 0.717) is 13.2 Å². The number of hydrogen-bond donors (Lipinski definition) is 1. The molecule has 1 rings (SSSR count). The molecule has 1 fully saturated rings. The average molecular weight is 141 g/mol. The molecule has 1 aliphatic heterocycles. The Morgan fingerprint density at radius 1 is 1.80 bits per heavy atom. The number of hydrogen-bond acceptors (Lipinski definition) is 4. The summed E-state index contributed by atoms with van der Waals surface area (Å²) in [6, 6.07) is 2.02. The van der Waals surface area contributed by atoms with Crippen molar-refractivity contribution in [2.24, 2.45) is 0 Å². The summed E-state index contributed by atoms with van der Waals surface area (Å²) in [7, 11) is 1.82. The van der Waals surface area contributed by atoms with E-state index in [-0.39, 0.29) is 6.04 Å². The molecule has 1 N–H and O–H groups in total. The molecule has 0 aromatic heterocycles. The first-order valence-electron chi connectivity index (χ1n) is 3.30. The fraction of sp³-hybridized carbons (Fsp3) is 0.833. The number of nitriles is 1. The molecule has 1 atom stereocenters. The molecule has 0 spiro atoms. The van der Waals surface area contributed by atoms with Crippen LogP contribution in [0.1, 0.15) is 0 Å². The van der Waals surface area contributed by atoms with Crippen molar-refractivity contribution in [3.8, 4) is 6.07 Å². The van der Waals surface area contributed by atoms with Crippen LogP contribution >= 0.6 is 0 Å². The Hall–Kier alpha value is -0.630. The van der Waals surface area contributed by atoms with Crippen molar-refractivity contribution in [3.05, 3.63) is 0 Å². The minimum absolute atomic E-state index is 0.126. The van der Waals surface area contributed by atoms with Gasteiger partial charge in [0.2, 0.25) is 0 Å². The summed E-state index contributed by atoms with van der Waals surface area (Å²) in [5.41, 5.74) is 2.94. The zero-order valence-electron chi connectivity index (χ0n) is 6.00. The lowest BCUT2D eigenvalue weighted by Gasteiger charge is -2.29. The van der Waals surface area contributed by atoms with Crippen LogP contribution in [-0.4, -0.2) is 37.9 Å². The molecule has 0 aromatic carbocycles. The third kappa shape index (κ3) is 1.45. The van der Waals surface area contributed by atoms with Crippen LogP contribution < -0.4 is 5.43 Å². The SMILES string of the molecule is CNN1CCOCC1C#N. The summed E-state index contributed by atoms with van der Waals surface area (Å²) in [5, 5.41) is 10.5. The van der Waals surface area contributed by atoms with Crippen molar-refractivity contribution >= 4 is 0 Å². The molecule has 0 aliphatic carbocycles. The molecular formula is C6H11N3O. The highest BCUT2D eigenvalue weighted by atomic mass is 16.5. The van der Waals surface area contributed by atoms with Crippen LogP contribution in [0.4, 0.5) is 0 Å². The second-order valence-electron chi connectivity index (χ2n) is 2.14. The van der Waals surface area contributed by atoms with E-state index in [1.165, 1.54) is 0 Å². The molecule has 1 heterocycles. The lowest BCUT2D eigenvalue weighted by molar-refractivity contribution is -0.00876. The first-order valence-corrected chi connectivity index (χ1v) is 3.30. The van der Waals surface area contributed by atoms with Crippen LogP contribution in [0.5, 0.6) is 0 Å². The molecule has 4 heteroatoms. The maximum atomic E-state index is 8.58. The Morgan fingerprint density at radius 3 is 3.10 bits per heavy atom. The molecule has 1 unspecified atom stereocenters. The van der Waals surface area contributed by atoms with Crippen LogP contribution in [0.25, 0.3) is 0 Å². The molecule has 10 heavy (non-hydrogen) atoms. The topological polar surface area (TPSA) is 48.3 Å². The van der Waals surface area contributed by atoms with Crippen molar-refractivity contribution < 1.29 is 4.74 Å². The van der Waals surface area contributed by atoms with Gasteiger partial charge in [-0.15, -0.1) is 0 Å². The van der Waals surface area contributed by atoms with Gasteiger partial charge in [-0.3, -0.25) is 5.43 Å². The maximum absolute atomic E-state index is 8.58. The Morgan fingerprint density at radius 2 is 2.60 bits per heavy atom. The predicted octanol–water partition coefficient (Wildman–Crippen LogP) is -0.655. The van der Waals surface area contributed by atoms with Crippen LogP contribution in [-0.2, 0) is 4.74 Å². The second-order valence-corrected chi connectivity index (χ2v) is 2.14. The van der Waals surface area contributed by atoms with E-state index in [2.05, 4.69) is 11.5 Å². The van der Waals surface area contributed by atoms with Gasteiger partial charge < -0.3 is 4.74 Å². The normalized spacial score (nSPS) is 27.8. The molecule has 0 amide bonds. The van der Waals surface area contributed by atoms with Gasteiger partial charge in [0.15, 0.2) is 0 Å². The molecule has 0 radical (unpaired) electrons. The van der Waals surface area contributed by atoms with Crippen molar-refractivity contribution in [1.29, 1.82) is 5.26 Å².